The van der Waals surface area contributed by atoms with Crippen molar-refractivity contribution in [2.24, 2.45) is 0 Å². The number of hydrogen-bond donors (Lipinski definition) is 1. The fourth-order valence-electron chi connectivity index (χ4n) is 2.27. The van der Waals surface area contributed by atoms with Crippen LogP contribution in [0.15, 0.2) is 47.4 Å². The van der Waals surface area contributed by atoms with Gasteiger partial charge in [0.1, 0.15) is 0 Å². The van der Waals surface area contributed by atoms with Crippen LogP contribution < -0.4 is 10.2 Å². The summed E-state index contributed by atoms with van der Waals surface area (Å²) in [5.41, 5.74) is 1.94. The van der Waals surface area contributed by atoms with Crippen molar-refractivity contribution in [2.75, 3.05) is 29.1 Å². The normalized spacial score (nSPS) is 10.5. The molecule has 24 heavy (non-hydrogen) atoms. The van der Waals surface area contributed by atoms with Gasteiger partial charge in [0.25, 0.3) is 0 Å². The maximum atomic E-state index is 12.1. The molecule has 0 aromatic heterocycles. The second-order valence-electron chi connectivity index (χ2n) is 5.13. The molecule has 0 radical (unpaired) electrons. The van der Waals surface area contributed by atoms with Crippen LogP contribution in [0, 0.1) is 0 Å². The monoisotopic (exact) mass is 382 g/mol. The molecule has 0 bridgehead atoms. The molecule has 2 aromatic rings. The summed E-state index contributed by atoms with van der Waals surface area (Å²) in [5.74, 6) is 0.198. The third-order valence-corrected chi connectivity index (χ3v) is 5.26. The van der Waals surface area contributed by atoms with Gasteiger partial charge in [-0.15, -0.1) is 11.8 Å². The summed E-state index contributed by atoms with van der Waals surface area (Å²) in [6.45, 7) is 6.16. The van der Waals surface area contributed by atoms with Gasteiger partial charge in [0.15, 0.2) is 0 Å². The Morgan fingerprint density at radius 1 is 1.08 bits per heavy atom. The van der Waals surface area contributed by atoms with E-state index in [0.29, 0.717) is 10.0 Å². The summed E-state index contributed by atoms with van der Waals surface area (Å²) in [5, 5.41) is 4.10. The molecular formula is C18H20Cl2N2OS. The minimum atomic E-state index is -0.0772. The van der Waals surface area contributed by atoms with Crippen LogP contribution >= 0.6 is 35.0 Å². The highest BCUT2D eigenvalue weighted by molar-refractivity contribution is 8.00. The molecule has 0 aliphatic heterocycles. The van der Waals surface area contributed by atoms with E-state index >= 15 is 0 Å². The second kappa shape index (κ2) is 9.21. The molecule has 0 atom stereocenters. The molecule has 1 amide bonds. The minimum absolute atomic E-state index is 0.0772. The number of nitrogens with one attached hydrogen (secondary N) is 1. The van der Waals surface area contributed by atoms with Crippen molar-refractivity contribution in [1.29, 1.82) is 0 Å². The lowest BCUT2D eigenvalue weighted by Crippen LogP contribution is -2.21. The molecule has 0 unspecified atom stereocenters. The Bertz CT molecular complexity index is 688. The molecule has 0 aliphatic rings. The molecule has 6 heteroatoms. The molecule has 1 N–H and O–H groups in total. The minimum Gasteiger partial charge on any atom is -0.372 e. The lowest BCUT2D eigenvalue weighted by Gasteiger charge is -2.21. The van der Waals surface area contributed by atoms with Gasteiger partial charge in [0.2, 0.25) is 5.91 Å². The third-order valence-electron chi connectivity index (χ3n) is 3.53. The highest BCUT2D eigenvalue weighted by atomic mass is 35.5. The standard InChI is InChI=1S/C18H20Cl2N2OS/c1-3-22(4-2)15-8-6-14(7-9-15)21-18(23)12-24-17-11-13(19)5-10-16(17)20/h5-11H,3-4,12H2,1-2H3,(H,21,23). The van der Waals surface area contributed by atoms with Crippen LogP contribution in [0.3, 0.4) is 0 Å². The largest absolute Gasteiger partial charge is 0.372 e. The summed E-state index contributed by atoms with van der Waals surface area (Å²) in [6.07, 6.45) is 0. The Morgan fingerprint density at radius 3 is 2.38 bits per heavy atom. The van der Waals surface area contributed by atoms with Gasteiger partial charge in [-0.3, -0.25) is 4.79 Å². The number of benzene rings is 2. The average Bonchev–Trinajstić information content (AvgIpc) is 2.58. The summed E-state index contributed by atoms with van der Waals surface area (Å²) in [6, 6.07) is 13.1. The van der Waals surface area contributed by atoms with Crippen LogP contribution in [0.25, 0.3) is 0 Å². The predicted octanol–water partition coefficient (Wildman–Crippen LogP) is 5.57. The first-order valence-electron chi connectivity index (χ1n) is 7.76. The Kier molecular flexibility index (Phi) is 7.28. The number of amides is 1. The van der Waals surface area contributed by atoms with Crippen molar-refractivity contribution in [3.05, 3.63) is 52.5 Å². The van der Waals surface area contributed by atoms with Crippen molar-refractivity contribution in [3.8, 4) is 0 Å². The number of hydrogen-bond acceptors (Lipinski definition) is 3. The molecule has 0 saturated carbocycles. The van der Waals surface area contributed by atoms with Gasteiger partial charge in [-0.2, -0.15) is 0 Å². The van der Waals surface area contributed by atoms with Crippen molar-refractivity contribution < 1.29 is 4.79 Å². The van der Waals surface area contributed by atoms with E-state index in [-0.39, 0.29) is 11.7 Å². The van der Waals surface area contributed by atoms with E-state index in [1.165, 1.54) is 11.8 Å². The van der Waals surface area contributed by atoms with Crippen molar-refractivity contribution in [3.63, 3.8) is 0 Å². The zero-order valence-electron chi connectivity index (χ0n) is 13.7. The van der Waals surface area contributed by atoms with Crippen LogP contribution in [0.4, 0.5) is 11.4 Å². The van der Waals surface area contributed by atoms with Gasteiger partial charge in [-0.1, -0.05) is 23.2 Å². The lowest BCUT2D eigenvalue weighted by molar-refractivity contribution is -0.113. The number of halogens is 2. The second-order valence-corrected chi connectivity index (χ2v) is 6.99. The van der Waals surface area contributed by atoms with Gasteiger partial charge in [0.05, 0.1) is 10.8 Å². The quantitative estimate of drug-likeness (QED) is 0.635. The fourth-order valence-corrected chi connectivity index (χ4v) is 3.57. The molecule has 3 nitrogen and oxygen atoms in total. The van der Waals surface area contributed by atoms with E-state index in [9.17, 15) is 4.79 Å². The van der Waals surface area contributed by atoms with E-state index < -0.39 is 0 Å². The molecule has 128 valence electrons. The lowest BCUT2D eigenvalue weighted by atomic mass is 10.2. The Labute approximate surface area is 157 Å². The van der Waals surface area contributed by atoms with Crippen LogP contribution in [-0.4, -0.2) is 24.7 Å². The third kappa shape index (κ3) is 5.33. The van der Waals surface area contributed by atoms with E-state index in [2.05, 4.69) is 24.1 Å². The smallest absolute Gasteiger partial charge is 0.234 e. The van der Waals surface area contributed by atoms with Gasteiger partial charge in [-0.05, 0) is 56.3 Å². The highest BCUT2D eigenvalue weighted by Gasteiger charge is 2.08. The van der Waals surface area contributed by atoms with Gasteiger partial charge in [0, 0.05) is 34.4 Å². The molecule has 0 spiro atoms. The number of thioether (sulfide) groups is 1. The first-order valence-corrected chi connectivity index (χ1v) is 9.50. The maximum Gasteiger partial charge on any atom is 0.234 e. The van der Waals surface area contributed by atoms with E-state index in [1.54, 1.807) is 18.2 Å². The number of rotatable bonds is 7. The fraction of sp³-hybridized carbons (Fsp3) is 0.278. The van der Waals surface area contributed by atoms with Crippen LogP contribution in [0.5, 0.6) is 0 Å². The summed E-state index contributed by atoms with van der Waals surface area (Å²) < 4.78 is 0. The Balaban J connectivity index is 1.91. The van der Waals surface area contributed by atoms with Crippen LogP contribution in [0.2, 0.25) is 10.0 Å². The molecule has 0 heterocycles. The van der Waals surface area contributed by atoms with E-state index in [4.69, 9.17) is 23.2 Å². The van der Waals surface area contributed by atoms with Gasteiger partial charge >= 0.3 is 0 Å². The number of carbonyl (C=O) groups excluding carboxylic acids is 1. The molecule has 2 rings (SSSR count). The van der Waals surface area contributed by atoms with Crippen molar-refractivity contribution in [2.45, 2.75) is 18.7 Å². The first kappa shape index (κ1) is 19.0. The zero-order chi connectivity index (χ0) is 17.5. The number of anilines is 2. The Hall–Kier alpha value is -1.36. The zero-order valence-corrected chi connectivity index (χ0v) is 16.0. The topological polar surface area (TPSA) is 32.3 Å². The average molecular weight is 383 g/mol. The van der Waals surface area contributed by atoms with Crippen LogP contribution in [0.1, 0.15) is 13.8 Å². The molecule has 2 aromatic carbocycles. The summed E-state index contributed by atoms with van der Waals surface area (Å²) in [7, 11) is 0. The van der Waals surface area contributed by atoms with E-state index in [1.807, 2.05) is 24.3 Å². The SMILES string of the molecule is CCN(CC)c1ccc(NC(=O)CSc2cc(Cl)ccc2Cl)cc1. The molecule has 0 saturated heterocycles. The maximum absolute atomic E-state index is 12.1. The number of carbonyl (C=O) groups is 1. The van der Waals surface area contributed by atoms with E-state index in [0.717, 1.165) is 29.4 Å². The van der Waals surface area contributed by atoms with Crippen molar-refractivity contribution >= 4 is 52.2 Å². The summed E-state index contributed by atoms with van der Waals surface area (Å²) in [4.78, 5) is 15.1. The van der Waals surface area contributed by atoms with Gasteiger partial charge < -0.3 is 10.2 Å². The number of nitrogens with zero attached hydrogens (tertiary/aromatic N) is 1. The summed E-state index contributed by atoms with van der Waals surface area (Å²) >= 11 is 13.4. The van der Waals surface area contributed by atoms with Gasteiger partial charge in [-0.25, -0.2) is 0 Å². The molecule has 0 aliphatic carbocycles. The Morgan fingerprint density at radius 2 is 1.75 bits per heavy atom. The van der Waals surface area contributed by atoms with Crippen molar-refractivity contribution in [1.82, 2.24) is 0 Å². The van der Waals surface area contributed by atoms with Crippen LogP contribution in [-0.2, 0) is 4.79 Å². The molecule has 0 fully saturated rings. The first-order chi connectivity index (χ1) is 11.5. The molecular weight excluding hydrogens is 363 g/mol. The highest BCUT2D eigenvalue weighted by Crippen LogP contribution is 2.30. The predicted molar refractivity (Wildman–Crippen MR) is 106 cm³/mol.